The van der Waals surface area contributed by atoms with Crippen LogP contribution < -0.4 is 20.9 Å². The summed E-state index contributed by atoms with van der Waals surface area (Å²) < 4.78 is 31.8. The van der Waals surface area contributed by atoms with Crippen LogP contribution in [0.25, 0.3) is 0 Å². The Bertz CT molecular complexity index is 731. The summed E-state index contributed by atoms with van der Waals surface area (Å²) in [7, 11) is -3.62. The first-order valence-corrected chi connectivity index (χ1v) is 10.9. The Morgan fingerprint density at radius 3 is 2.46 bits per heavy atom. The van der Waals surface area contributed by atoms with Crippen LogP contribution in [0, 0.1) is 0 Å². The van der Waals surface area contributed by atoms with Crippen LogP contribution in [0.5, 0.6) is 5.75 Å². The fraction of sp³-hybridized carbons (Fsp3) is 0.556. The van der Waals surface area contributed by atoms with E-state index in [2.05, 4.69) is 9.71 Å². The maximum Gasteiger partial charge on any atom is 0.322 e. The number of ether oxygens (including phenoxy) is 1. The molecule has 0 aliphatic carbocycles. The van der Waals surface area contributed by atoms with E-state index in [9.17, 15) is 18.3 Å². The van der Waals surface area contributed by atoms with Crippen molar-refractivity contribution in [2.45, 2.75) is 45.1 Å². The zero-order valence-corrected chi connectivity index (χ0v) is 17.0. The van der Waals surface area contributed by atoms with Crippen LogP contribution in [0.15, 0.2) is 29.3 Å². The molecule has 0 aromatic heterocycles. The second-order valence-corrected chi connectivity index (χ2v) is 8.26. The quantitative estimate of drug-likeness (QED) is 0.199. The third kappa shape index (κ3) is 10.1. The molecule has 0 bridgehead atoms. The average Bonchev–Trinajstić information content (AvgIpc) is 2.63. The lowest BCUT2D eigenvalue weighted by Gasteiger charge is -2.15. The molecule has 158 valence electrons. The normalized spacial score (nSPS) is 12.3. The molecule has 28 heavy (non-hydrogen) atoms. The molecular weight excluding hydrogens is 384 g/mol. The maximum atomic E-state index is 12.0. The van der Waals surface area contributed by atoms with E-state index < -0.39 is 22.0 Å². The molecule has 0 spiro atoms. The molecule has 0 fully saturated rings. The van der Waals surface area contributed by atoms with E-state index in [1.54, 1.807) is 24.3 Å². The predicted octanol–water partition coefficient (Wildman–Crippen LogP) is 0.834. The molecule has 0 saturated carbocycles. The number of hydrogen-bond donors (Lipinski definition) is 4. The number of carbonyl (C=O) groups is 1. The van der Waals surface area contributed by atoms with E-state index in [-0.39, 0.29) is 18.1 Å². The highest BCUT2D eigenvalue weighted by Gasteiger charge is 2.24. The molecule has 0 heterocycles. The summed E-state index contributed by atoms with van der Waals surface area (Å²) >= 11 is 0. The zero-order valence-electron chi connectivity index (χ0n) is 16.1. The van der Waals surface area contributed by atoms with Crippen molar-refractivity contribution >= 4 is 22.0 Å². The summed E-state index contributed by atoms with van der Waals surface area (Å²) in [4.78, 5) is 15.3. The van der Waals surface area contributed by atoms with Crippen molar-refractivity contribution in [1.29, 1.82) is 0 Å². The van der Waals surface area contributed by atoms with Gasteiger partial charge in [0.2, 0.25) is 10.0 Å². The van der Waals surface area contributed by atoms with Gasteiger partial charge in [-0.25, -0.2) is 13.1 Å². The smallest absolute Gasteiger partial charge is 0.322 e. The zero-order chi connectivity index (χ0) is 21.0. The molecule has 1 rings (SSSR count). The molecule has 0 aliphatic rings. The van der Waals surface area contributed by atoms with E-state index in [1.165, 1.54) is 0 Å². The van der Waals surface area contributed by atoms with Gasteiger partial charge in [0, 0.05) is 6.54 Å². The second kappa shape index (κ2) is 12.2. The maximum absolute atomic E-state index is 12.0. The molecule has 6 N–H and O–H groups in total. The largest absolute Gasteiger partial charge is 0.494 e. The van der Waals surface area contributed by atoms with E-state index in [4.69, 9.17) is 16.2 Å². The summed E-state index contributed by atoms with van der Waals surface area (Å²) in [6.45, 7) is 2.93. The number of benzene rings is 1. The first kappa shape index (κ1) is 23.7. The van der Waals surface area contributed by atoms with Gasteiger partial charge in [-0.2, -0.15) is 0 Å². The number of aliphatic imine (C=N–C) groups is 1. The van der Waals surface area contributed by atoms with E-state index in [0.717, 1.165) is 12.8 Å². The molecular formula is C18H30N4O5S. The number of sulfonamides is 1. The van der Waals surface area contributed by atoms with Gasteiger partial charge >= 0.3 is 5.97 Å². The van der Waals surface area contributed by atoms with Gasteiger partial charge in [0.1, 0.15) is 11.8 Å². The standard InChI is InChI=1S/C18H30N4O5S/c1-2-3-12-28(25,26)22-16(17(23)24)13-14-6-8-15(9-7-14)27-11-5-4-10-21-18(19)20/h6-9,16,22H,2-5,10-13H2,1H3,(H,23,24)(H4,19,20,21)/t16-/m0/s1. The number of unbranched alkanes of at least 4 members (excludes halogenated alkanes) is 2. The molecule has 1 aromatic rings. The van der Waals surface area contributed by atoms with Gasteiger partial charge in [-0.3, -0.25) is 9.79 Å². The third-order valence-corrected chi connectivity index (χ3v) is 5.34. The van der Waals surface area contributed by atoms with Crippen molar-refractivity contribution < 1.29 is 23.1 Å². The van der Waals surface area contributed by atoms with Crippen molar-refractivity contribution in [3.05, 3.63) is 29.8 Å². The van der Waals surface area contributed by atoms with Gasteiger partial charge in [-0.05, 0) is 43.4 Å². The van der Waals surface area contributed by atoms with Gasteiger partial charge in [0.05, 0.1) is 12.4 Å². The molecule has 9 nitrogen and oxygen atoms in total. The fourth-order valence-corrected chi connectivity index (χ4v) is 3.76. The summed E-state index contributed by atoms with van der Waals surface area (Å²) in [5.74, 6) is -0.561. The van der Waals surface area contributed by atoms with Gasteiger partial charge in [0.15, 0.2) is 5.96 Å². The SMILES string of the molecule is CCCCS(=O)(=O)N[C@@H](Cc1ccc(OCCCCN=C(N)N)cc1)C(=O)O. The van der Waals surface area contributed by atoms with Crippen molar-refractivity contribution in [2.75, 3.05) is 18.9 Å². The Labute approximate surface area is 166 Å². The summed E-state index contributed by atoms with van der Waals surface area (Å²) in [6.07, 6.45) is 2.85. The van der Waals surface area contributed by atoms with E-state index in [0.29, 0.717) is 37.3 Å². The number of aliphatic carboxylic acids is 1. The molecule has 0 unspecified atom stereocenters. The minimum atomic E-state index is -3.62. The molecule has 0 saturated heterocycles. The number of carboxylic acid groups (broad SMARTS) is 1. The van der Waals surface area contributed by atoms with Crippen LogP contribution in [-0.2, 0) is 21.2 Å². The first-order chi connectivity index (χ1) is 13.2. The highest BCUT2D eigenvalue weighted by atomic mass is 32.2. The van der Waals surface area contributed by atoms with Crippen LogP contribution >= 0.6 is 0 Å². The fourth-order valence-electron chi connectivity index (χ4n) is 2.36. The Kier molecular flexibility index (Phi) is 10.3. The lowest BCUT2D eigenvalue weighted by Crippen LogP contribution is -2.43. The summed E-state index contributed by atoms with van der Waals surface area (Å²) in [5, 5.41) is 9.32. The third-order valence-electron chi connectivity index (χ3n) is 3.87. The highest BCUT2D eigenvalue weighted by Crippen LogP contribution is 2.14. The monoisotopic (exact) mass is 414 g/mol. The van der Waals surface area contributed by atoms with Crippen molar-refractivity contribution in [3.63, 3.8) is 0 Å². The summed E-state index contributed by atoms with van der Waals surface area (Å²) in [6, 6.07) is 5.71. The van der Waals surface area contributed by atoms with Crippen LogP contribution in [-0.4, -0.2) is 50.4 Å². The first-order valence-electron chi connectivity index (χ1n) is 9.23. The summed E-state index contributed by atoms with van der Waals surface area (Å²) in [5.41, 5.74) is 11.2. The molecule has 0 amide bonds. The highest BCUT2D eigenvalue weighted by molar-refractivity contribution is 7.89. The number of nitrogens with two attached hydrogens (primary N) is 2. The van der Waals surface area contributed by atoms with E-state index >= 15 is 0 Å². The second-order valence-electron chi connectivity index (χ2n) is 6.39. The van der Waals surface area contributed by atoms with Crippen LogP contribution in [0.4, 0.5) is 0 Å². The van der Waals surface area contributed by atoms with Gasteiger partial charge < -0.3 is 21.3 Å². The molecule has 0 aliphatic heterocycles. The number of nitrogens with one attached hydrogen (secondary N) is 1. The lowest BCUT2D eigenvalue weighted by atomic mass is 10.1. The Balaban J connectivity index is 2.52. The van der Waals surface area contributed by atoms with Gasteiger partial charge in [-0.1, -0.05) is 25.5 Å². The average molecular weight is 415 g/mol. The number of carboxylic acids is 1. The Hall–Kier alpha value is -2.33. The number of hydrogen-bond acceptors (Lipinski definition) is 5. The minimum Gasteiger partial charge on any atom is -0.494 e. The Morgan fingerprint density at radius 2 is 1.89 bits per heavy atom. The number of nitrogens with zero attached hydrogens (tertiary/aromatic N) is 1. The lowest BCUT2D eigenvalue weighted by molar-refractivity contribution is -0.138. The molecule has 10 heteroatoms. The number of guanidine groups is 1. The van der Waals surface area contributed by atoms with E-state index in [1.807, 2.05) is 6.92 Å². The van der Waals surface area contributed by atoms with Gasteiger partial charge in [-0.15, -0.1) is 0 Å². The Morgan fingerprint density at radius 1 is 1.21 bits per heavy atom. The number of rotatable bonds is 14. The van der Waals surface area contributed by atoms with Crippen LogP contribution in [0.3, 0.4) is 0 Å². The molecule has 0 radical (unpaired) electrons. The topological polar surface area (TPSA) is 157 Å². The van der Waals surface area contributed by atoms with Crippen molar-refractivity contribution in [1.82, 2.24) is 4.72 Å². The predicted molar refractivity (Wildman–Crippen MR) is 109 cm³/mol. The van der Waals surface area contributed by atoms with Crippen LogP contribution in [0.2, 0.25) is 0 Å². The van der Waals surface area contributed by atoms with Crippen molar-refractivity contribution in [2.24, 2.45) is 16.5 Å². The molecule has 1 atom stereocenters. The van der Waals surface area contributed by atoms with Crippen molar-refractivity contribution in [3.8, 4) is 5.75 Å². The molecule has 1 aromatic carbocycles. The minimum absolute atomic E-state index is 0.0550. The van der Waals surface area contributed by atoms with Gasteiger partial charge in [0.25, 0.3) is 0 Å². The van der Waals surface area contributed by atoms with Crippen LogP contribution in [0.1, 0.15) is 38.2 Å².